The van der Waals surface area contributed by atoms with Gasteiger partial charge in [0.1, 0.15) is 11.9 Å². The van der Waals surface area contributed by atoms with Crippen molar-refractivity contribution in [1.29, 1.82) is 0 Å². The molecule has 2 aromatic carbocycles. The number of alkyl halides is 3. The van der Waals surface area contributed by atoms with Gasteiger partial charge in [0.15, 0.2) is 0 Å². The van der Waals surface area contributed by atoms with E-state index in [-0.39, 0.29) is 12.3 Å². The van der Waals surface area contributed by atoms with Gasteiger partial charge in [-0.15, -0.1) is 0 Å². The maximum atomic E-state index is 12.9. The van der Waals surface area contributed by atoms with Crippen LogP contribution in [0.2, 0.25) is 0 Å². The number of benzene rings is 2. The highest BCUT2D eigenvalue weighted by molar-refractivity contribution is 5.64. The van der Waals surface area contributed by atoms with Crippen molar-refractivity contribution in [1.82, 2.24) is 5.32 Å². The summed E-state index contributed by atoms with van der Waals surface area (Å²) in [5.74, 6) is 0.124. The summed E-state index contributed by atoms with van der Waals surface area (Å²) in [7, 11) is 0. The Morgan fingerprint density at radius 2 is 1.92 bits per heavy atom. The van der Waals surface area contributed by atoms with Gasteiger partial charge in [-0.25, -0.2) is 4.79 Å². The predicted molar refractivity (Wildman–Crippen MR) is 91.0 cm³/mol. The maximum absolute atomic E-state index is 12.9. The third kappa shape index (κ3) is 5.40. The Balaban J connectivity index is 2.28. The molecule has 0 aliphatic heterocycles. The van der Waals surface area contributed by atoms with E-state index in [4.69, 9.17) is 9.84 Å². The van der Waals surface area contributed by atoms with Crippen LogP contribution in [0.4, 0.5) is 18.0 Å². The molecule has 0 fully saturated rings. The van der Waals surface area contributed by atoms with Gasteiger partial charge < -0.3 is 15.2 Å². The van der Waals surface area contributed by atoms with Crippen molar-refractivity contribution in [3.8, 4) is 5.75 Å². The number of amides is 1. The van der Waals surface area contributed by atoms with Gasteiger partial charge in [-0.05, 0) is 35.7 Å². The van der Waals surface area contributed by atoms with Gasteiger partial charge in [0.05, 0.1) is 5.56 Å². The van der Waals surface area contributed by atoms with E-state index in [2.05, 4.69) is 5.32 Å². The maximum Gasteiger partial charge on any atom is 0.416 e. The highest BCUT2D eigenvalue weighted by Gasteiger charge is 2.31. The van der Waals surface area contributed by atoms with Crippen molar-refractivity contribution in [3.63, 3.8) is 0 Å². The zero-order valence-electron chi connectivity index (χ0n) is 14.2. The van der Waals surface area contributed by atoms with E-state index in [1.807, 2.05) is 6.92 Å². The molecule has 1 atom stereocenters. The minimum atomic E-state index is -4.44. The molecule has 7 heteroatoms. The lowest BCUT2D eigenvalue weighted by molar-refractivity contribution is -0.137. The van der Waals surface area contributed by atoms with Crippen LogP contribution in [-0.2, 0) is 12.7 Å². The molecule has 0 saturated carbocycles. The van der Waals surface area contributed by atoms with Gasteiger partial charge in [0.2, 0.25) is 0 Å². The van der Waals surface area contributed by atoms with E-state index in [1.165, 1.54) is 12.1 Å². The van der Waals surface area contributed by atoms with Crippen molar-refractivity contribution in [2.24, 2.45) is 0 Å². The second kappa shape index (κ2) is 8.60. The predicted octanol–water partition coefficient (Wildman–Crippen LogP) is 5.39. The molecular weight excluding hydrogens is 347 g/mol. The molecule has 1 amide bonds. The van der Waals surface area contributed by atoms with Crippen LogP contribution in [0, 0.1) is 0 Å². The van der Waals surface area contributed by atoms with Crippen LogP contribution in [0.3, 0.4) is 0 Å². The molecule has 0 saturated heterocycles. The number of carbonyl (C=O) groups is 1. The minimum absolute atomic E-state index is 0.0949. The fourth-order valence-electron chi connectivity index (χ4n) is 2.63. The molecule has 1 unspecified atom stereocenters. The monoisotopic (exact) mass is 367 g/mol. The Hall–Kier alpha value is -2.70. The number of carboxylic acid groups (broad SMARTS) is 1. The molecule has 4 nitrogen and oxygen atoms in total. The first kappa shape index (κ1) is 19.6. The summed E-state index contributed by atoms with van der Waals surface area (Å²) in [5, 5.41) is 11.1. The molecular formula is C19H20F3NO3. The lowest BCUT2D eigenvalue weighted by Gasteiger charge is -2.22. The van der Waals surface area contributed by atoms with Gasteiger partial charge in [-0.3, -0.25) is 0 Å². The number of hydrogen-bond donors (Lipinski definition) is 2. The first-order valence-corrected chi connectivity index (χ1v) is 8.19. The van der Waals surface area contributed by atoms with E-state index < -0.39 is 23.9 Å². The number of hydrogen-bond acceptors (Lipinski definition) is 2. The van der Waals surface area contributed by atoms with E-state index in [0.717, 1.165) is 29.7 Å². The van der Waals surface area contributed by atoms with E-state index in [0.29, 0.717) is 6.42 Å². The zero-order valence-corrected chi connectivity index (χ0v) is 14.2. The SMILES string of the molecule is CCCC(Oc1cccc(C(F)(F)F)c1)c1ccccc1CNC(=O)O. The molecule has 0 spiro atoms. The van der Waals surface area contributed by atoms with Crippen LogP contribution in [0.1, 0.15) is 42.6 Å². The van der Waals surface area contributed by atoms with Gasteiger partial charge in [-0.1, -0.05) is 43.7 Å². The van der Waals surface area contributed by atoms with Crippen LogP contribution < -0.4 is 10.1 Å². The highest BCUT2D eigenvalue weighted by atomic mass is 19.4. The molecule has 2 aromatic rings. The van der Waals surface area contributed by atoms with Crippen molar-refractivity contribution in [3.05, 3.63) is 65.2 Å². The summed E-state index contributed by atoms with van der Waals surface area (Å²) >= 11 is 0. The highest BCUT2D eigenvalue weighted by Crippen LogP contribution is 2.34. The third-order valence-corrected chi connectivity index (χ3v) is 3.82. The van der Waals surface area contributed by atoms with Crippen LogP contribution >= 0.6 is 0 Å². The Bertz CT molecular complexity index is 747. The zero-order chi connectivity index (χ0) is 19.2. The van der Waals surface area contributed by atoms with Crippen LogP contribution in [0.25, 0.3) is 0 Å². The van der Waals surface area contributed by atoms with Gasteiger partial charge in [0, 0.05) is 6.54 Å². The van der Waals surface area contributed by atoms with Gasteiger partial charge in [0.25, 0.3) is 0 Å². The smallest absolute Gasteiger partial charge is 0.416 e. The third-order valence-electron chi connectivity index (χ3n) is 3.82. The van der Waals surface area contributed by atoms with Crippen molar-refractivity contribution in [2.45, 2.75) is 38.6 Å². The lowest BCUT2D eigenvalue weighted by atomic mass is 9.99. The van der Waals surface area contributed by atoms with Crippen LogP contribution in [-0.4, -0.2) is 11.2 Å². The number of nitrogens with one attached hydrogen (secondary N) is 1. The normalized spacial score (nSPS) is 12.5. The van der Waals surface area contributed by atoms with Gasteiger partial charge in [-0.2, -0.15) is 13.2 Å². The van der Waals surface area contributed by atoms with E-state index in [1.54, 1.807) is 24.3 Å². The second-order valence-electron chi connectivity index (χ2n) is 5.78. The van der Waals surface area contributed by atoms with Gasteiger partial charge >= 0.3 is 12.3 Å². The number of ether oxygens (including phenoxy) is 1. The summed E-state index contributed by atoms with van der Waals surface area (Å²) in [4.78, 5) is 10.8. The average molecular weight is 367 g/mol. The largest absolute Gasteiger partial charge is 0.486 e. The van der Waals surface area contributed by atoms with E-state index >= 15 is 0 Å². The first-order chi connectivity index (χ1) is 12.3. The van der Waals surface area contributed by atoms with Crippen molar-refractivity contribution >= 4 is 6.09 Å². The average Bonchev–Trinajstić information content (AvgIpc) is 2.59. The molecule has 0 aliphatic rings. The molecule has 140 valence electrons. The summed E-state index contributed by atoms with van der Waals surface area (Å²) in [6.45, 7) is 2.04. The Labute approximate surface area is 149 Å². The van der Waals surface area contributed by atoms with Crippen LogP contribution in [0.5, 0.6) is 5.75 Å². The molecule has 0 aromatic heterocycles. The molecule has 26 heavy (non-hydrogen) atoms. The van der Waals surface area contributed by atoms with Crippen molar-refractivity contribution in [2.75, 3.05) is 0 Å². The second-order valence-corrected chi connectivity index (χ2v) is 5.78. The minimum Gasteiger partial charge on any atom is -0.486 e. The Morgan fingerprint density at radius 1 is 1.19 bits per heavy atom. The summed E-state index contributed by atoms with van der Waals surface area (Å²) in [5.41, 5.74) is 0.701. The lowest BCUT2D eigenvalue weighted by Crippen LogP contribution is -2.22. The quantitative estimate of drug-likeness (QED) is 0.689. The molecule has 2 N–H and O–H groups in total. The summed E-state index contributed by atoms with van der Waals surface area (Å²) < 4.78 is 44.5. The first-order valence-electron chi connectivity index (χ1n) is 8.19. The van der Waals surface area contributed by atoms with Crippen molar-refractivity contribution < 1.29 is 27.8 Å². The molecule has 0 bridgehead atoms. The molecule has 2 rings (SSSR count). The topological polar surface area (TPSA) is 58.6 Å². The summed E-state index contributed by atoms with van der Waals surface area (Å²) in [6.07, 6.45) is -4.73. The Morgan fingerprint density at radius 3 is 2.58 bits per heavy atom. The molecule has 0 radical (unpaired) electrons. The fraction of sp³-hybridized carbons (Fsp3) is 0.316. The van der Waals surface area contributed by atoms with E-state index in [9.17, 15) is 18.0 Å². The fourth-order valence-corrected chi connectivity index (χ4v) is 2.63. The molecule has 0 aliphatic carbocycles. The number of rotatable bonds is 7. The molecule has 0 heterocycles. The Kier molecular flexibility index (Phi) is 6.49. The number of halogens is 3. The summed E-state index contributed by atoms with van der Waals surface area (Å²) in [6, 6.07) is 11.9. The van der Waals surface area contributed by atoms with Crippen LogP contribution in [0.15, 0.2) is 48.5 Å². The standard InChI is InChI=1S/C19H20F3NO3/c1-2-6-17(16-10-4-3-7-13(16)12-23-18(24)25)26-15-9-5-8-14(11-15)19(20,21)22/h3-5,7-11,17,23H,2,6,12H2,1H3,(H,24,25).